The molecule has 0 aliphatic carbocycles. The number of aromatic nitrogens is 3. The molecule has 1 saturated heterocycles. The maximum Gasteiger partial charge on any atom is 0.246 e. The van der Waals surface area contributed by atoms with Crippen molar-refractivity contribution in [1.29, 1.82) is 0 Å². The van der Waals surface area contributed by atoms with Crippen LogP contribution in [0.2, 0.25) is 0 Å². The average molecular weight is 994 g/mol. The Morgan fingerprint density at radius 3 is 2.37 bits per heavy atom. The summed E-state index contributed by atoms with van der Waals surface area (Å²) in [6, 6.07) is 18.4. The molecule has 8 rings (SSSR count). The van der Waals surface area contributed by atoms with Crippen molar-refractivity contribution in [2.45, 2.75) is 117 Å². The van der Waals surface area contributed by atoms with E-state index in [9.17, 15) is 19.5 Å². The van der Waals surface area contributed by atoms with Crippen LogP contribution in [0.3, 0.4) is 0 Å². The second-order valence-electron chi connectivity index (χ2n) is 20.4. The van der Waals surface area contributed by atoms with Gasteiger partial charge in [-0.25, -0.2) is 18.2 Å². The van der Waals surface area contributed by atoms with Crippen LogP contribution in [0.25, 0.3) is 21.3 Å². The summed E-state index contributed by atoms with van der Waals surface area (Å²) < 4.78 is 59.1. The molecule has 3 amide bonds. The van der Waals surface area contributed by atoms with E-state index in [1.165, 1.54) is 18.7 Å². The van der Waals surface area contributed by atoms with Gasteiger partial charge in [-0.3, -0.25) is 24.3 Å². The smallest absolute Gasteiger partial charge is 0.246 e. The maximum atomic E-state index is 16.2. The van der Waals surface area contributed by atoms with Crippen molar-refractivity contribution in [2.24, 2.45) is 5.41 Å². The first kappa shape index (κ1) is 51.2. The van der Waals surface area contributed by atoms with Crippen molar-refractivity contribution in [3.05, 3.63) is 135 Å². The Morgan fingerprint density at radius 2 is 1.70 bits per heavy atom. The normalized spacial score (nSPS) is 18.9. The number of amides is 3. The van der Waals surface area contributed by atoms with E-state index in [0.717, 1.165) is 55.9 Å². The lowest BCUT2D eigenvalue weighted by atomic mass is 9.85. The van der Waals surface area contributed by atoms with Gasteiger partial charge in [0.2, 0.25) is 17.7 Å². The second kappa shape index (κ2) is 21.3. The molecular formula is C54H62F3N7O6S. The number of fused-ring (bicyclic) bond motifs is 3. The SMILES string of the molecule is Cc1ncsc1-c1ccc(CNC(=O)[C@@H]2C[C@@H](O)CN2C(=O)[C@@H](NC(=O)COCCc2ccc(COc3cc(F)c([C@@H]4c5[nH]c6ccccc6c5C[C@@H](C)N4CC(C)(C)F)c(F)c3)nc2)C(C)(C)C)cc1. The number of thiazole rings is 1. The Balaban J connectivity index is 0.819. The van der Waals surface area contributed by atoms with Crippen LogP contribution in [0.4, 0.5) is 13.2 Å². The first-order chi connectivity index (χ1) is 33.7. The van der Waals surface area contributed by atoms with E-state index >= 15 is 13.2 Å². The highest BCUT2D eigenvalue weighted by molar-refractivity contribution is 7.13. The zero-order valence-corrected chi connectivity index (χ0v) is 42.0. The number of alkyl halides is 1. The van der Waals surface area contributed by atoms with Crippen LogP contribution in [-0.2, 0) is 45.1 Å². The summed E-state index contributed by atoms with van der Waals surface area (Å²) in [4.78, 5) is 57.1. The third-order valence-electron chi connectivity index (χ3n) is 13.2. The van der Waals surface area contributed by atoms with Gasteiger partial charge < -0.3 is 35.1 Å². The van der Waals surface area contributed by atoms with E-state index in [4.69, 9.17) is 9.47 Å². The number of nitrogens with zero attached hydrogens (tertiary/aromatic N) is 4. The minimum Gasteiger partial charge on any atom is -0.487 e. The van der Waals surface area contributed by atoms with Gasteiger partial charge in [0.1, 0.15) is 48.4 Å². The molecule has 6 aromatic rings. The Bertz CT molecular complexity index is 2840. The lowest BCUT2D eigenvalue weighted by Gasteiger charge is -2.43. The van der Waals surface area contributed by atoms with E-state index in [-0.39, 0.29) is 63.2 Å². The van der Waals surface area contributed by atoms with Gasteiger partial charge in [-0.15, -0.1) is 11.3 Å². The van der Waals surface area contributed by atoms with Crippen molar-refractivity contribution in [3.63, 3.8) is 0 Å². The number of halogens is 3. The number of benzene rings is 3. The molecule has 5 atom stereocenters. The molecule has 2 aliphatic rings. The quantitative estimate of drug-likeness (QED) is 0.0659. The van der Waals surface area contributed by atoms with E-state index < -0.39 is 64.7 Å². The number of ether oxygens (including phenoxy) is 2. The van der Waals surface area contributed by atoms with Gasteiger partial charge >= 0.3 is 0 Å². The molecule has 17 heteroatoms. The number of nitrogens with one attached hydrogen (secondary N) is 3. The zero-order chi connectivity index (χ0) is 50.8. The number of aliphatic hydroxyl groups is 1. The van der Waals surface area contributed by atoms with Crippen LogP contribution in [-0.4, -0.2) is 104 Å². The van der Waals surface area contributed by atoms with Gasteiger partial charge in [0, 0.05) is 72.6 Å². The fraction of sp³-hybridized carbons (Fsp3) is 0.426. The summed E-state index contributed by atoms with van der Waals surface area (Å²) in [5, 5.41) is 17.3. The first-order valence-corrected chi connectivity index (χ1v) is 24.8. The predicted molar refractivity (Wildman–Crippen MR) is 266 cm³/mol. The summed E-state index contributed by atoms with van der Waals surface area (Å²) in [6.07, 6.45) is 1.80. The lowest BCUT2D eigenvalue weighted by Crippen LogP contribution is -2.58. The largest absolute Gasteiger partial charge is 0.487 e. The summed E-state index contributed by atoms with van der Waals surface area (Å²) in [5.41, 5.74) is 5.90. The molecule has 4 N–H and O–H groups in total. The van der Waals surface area contributed by atoms with Gasteiger partial charge in [-0.1, -0.05) is 69.3 Å². The third-order valence-corrected chi connectivity index (χ3v) is 14.1. The van der Waals surface area contributed by atoms with Gasteiger partial charge in [-0.2, -0.15) is 0 Å². The van der Waals surface area contributed by atoms with Crippen LogP contribution in [0.1, 0.15) is 93.3 Å². The highest BCUT2D eigenvalue weighted by Crippen LogP contribution is 2.44. The van der Waals surface area contributed by atoms with Gasteiger partial charge in [0.15, 0.2) is 0 Å². The fourth-order valence-corrected chi connectivity index (χ4v) is 10.4. The monoisotopic (exact) mass is 993 g/mol. The minimum atomic E-state index is -1.62. The molecule has 0 bridgehead atoms. The number of carbonyl (C=O) groups is 3. The van der Waals surface area contributed by atoms with E-state index in [0.29, 0.717) is 24.2 Å². The highest BCUT2D eigenvalue weighted by Gasteiger charge is 2.45. The number of aromatic amines is 1. The van der Waals surface area contributed by atoms with Crippen molar-refractivity contribution < 1.29 is 42.1 Å². The van der Waals surface area contributed by atoms with Crippen molar-refractivity contribution in [2.75, 3.05) is 26.3 Å². The molecule has 71 heavy (non-hydrogen) atoms. The number of aryl methyl sites for hydroxylation is 1. The molecule has 5 heterocycles. The van der Waals surface area contributed by atoms with Crippen LogP contribution in [0.5, 0.6) is 5.75 Å². The standard InChI is InChI=1S/C54H62F3N7O6S/c1-31-20-40-39-10-8-9-11-43(39)61-47(40)48(64(31)29-54(6,7)57)46-41(55)22-38(23-42(46)56)70-27-36-17-14-34(24-58-36)18-19-69-28-45(66)62-50(53(3,4)5)52(68)63-26-37(65)21-44(63)51(67)59-25-33-12-15-35(16-13-33)49-32(2)60-30-71-49/h8-17,22-24,30-31,37,44,48,50,61,65H,18-21,25-29H2,1-7H3,(H,59,67)(H,62,66)/t31-,37-,44+,48-,50-/m1/s1. The molecule has 0 spiro atoms. The fourth-order valence-electron chi connectivity index (χ4n) is 9.59. The molecule has 376 valence electrons. The summed E-state index contributed by atoms with van der Waals surface area (Å²) in [7, 11) is 0. The minimum absolute atomic E-state index is 0.0191. The third kappa shape index (κ3) is 12.0. The first-order valence-electron chi connectivity index (χ1n) is 24.0. The number of hydrogen-bond acceptors (Lipinski definition) is 10. The number of hydrogen-bond donors (Lipinski definition) is 4. The second-order valence-corrected chi connectivity index (χ2v) is 21.3. The van der Waals surface area contributed by atoms with E-state index in [1.54, 1.807) is 29.1 Å². The molecule has 3 aromatic heterocycles. The molecule has 13 nitrogen and oxygen atoms in total. The van der Waals surface area contributed by atoms with Crippen LogP contribution < -0.4 is 15.4 Å². The summed E-state index contributed by atoms with van der Waals surface area (Å²) >= 11 is 1.56. The van der Waals surface area contributed by atoms with E-state index in [2.05, 4.69) is 25.6 Å². The van der Waals surface area contributed by atoms with Crippen LogP contribution in [0.15, 0.2) is 84.5 Å². The number of likely N-dealkylation sites (tertiary alicyclic amines) is 1. The Kier molecular flexibility index (Phi) is 15.4. The Morgan fingerprint density at radius 1 is 0.986 bits per heavy atom. The Labute approximate surface area is 416 Å². The van der Waals surface area contributed by atoms with Gasteiger partial charge in [0.05, 0.1) is 40.5 Å². The number of pyridine rings is 1. The molecule has 3 aromatic carbocycles. The number of H-pyrrole nitrogens is 1. The molecular weight excluding hydrogens is 932 g/mol. The highest BCUT2D eigenvalue weighted by atomic mass is 32.1. The molecule has 0 saturated carbocycles. The Hall–Kier alpha value is -6.14. The number of carbonyl (C=O) groups excluding carboxylic acids is 3. The zero-order valence-electron chi connectivity index (χ0n) is 41.2. The lowest BCUT2D eigenvalue weighted by molar-refractivity contribution is -0.144. The molecule has 2 aliphatic heterocycles. The summed E-state index contributed by atoms with van der Waals surface area (Å²) in [5.74, 6) is -3.01. The van der Waals surface area contributed by atoms with Gasteiger partial charge in [0.25, 0.3) is 0 Å². The molecule has 0 unspecified atom stereocenters. The van der Waals surface area contributed by atoms with E-state index in [1.807, 2.05) is 94.1 Å². The van der Waals surface area contributed by atoms with Crippen LogP contribution >= 0.6 is 11.3 Å². The van der Waals surface area contributed by atoms with Crippen molar-refractivity contribution in [3.8, 4) is 16.2 Å². The maximum absolute atomic E-state index is 16.2. The number of β-amino-alcohol motifs (C(OH)–C–C–N with tert-alkyl or cyclic N) is 1. The molecule has 1 fully saturated rings. The number of rotatable bonds is 17. The summed E-state index contributed by atoms with van der Waals surface area (Å²) in [6.45, 7) is 12.2. The number of para-hydroxylation sites is 1. The van der Waals surface area contributed by atoms with Crippen LogP contribution in [0, 0.1) is 24.0 Å². The molecule has 0 radical (unpaired) electrons. The number of aliphatic hydroxyl groups excluding tert-OH is 1. The average Bonchev–Trinajstić information content (AvgIpc) is 4.04. The predicted octanol–water partition coefficient (Wildman–Crippen LogP) is 8.30. The topological polar surface area (TPSA) is 162 Å². The van der Waals surface area contributed by atoms with Gasteiger partial charge in [-0.05, 0) is 80.3 Å². The van der Waals surface area contributed by atoms with Crippen molar-refractivity contribution in [1.82, 2.24) is 35.4 Å². The van der Waals surface area contributed by atoms with Crippen molar-refractivity contribution >= 4 is 40.0 Å².